The molecule has 102 valence electrons. The molecule has 1 atom stereocenters. The molecule has 19 heavy (non-hydrogen) atoms. The van der Waals surface area contributed by atoms with E-state index >= 15 is 0 Å². The number of nitrogens with zero attached hydrogens (tertiary/aromatic N) is 1. The number of halogens is 3. The van der Waals surface area contributed by atoms with E-state index in [9.17, 15) is 18.0 Å². The molecule has 4 nitrogen and oxygen atoms in total. The molecule has 1 aromatic carbocycles. The fraction of sp³-hybridized carbons (Fsp3) is 0.417. The predicted molar refractivity (Wildman–Crippen MR) is 61.8 cm³/mol. The Morgan fingerprint density at radius 2 is 2.16 bits per heavy atom. The van der Waals surface area contributed by atoms with Crippen LogP contribution in [0.5, 0.6) is 0 Å². The molecule has 3 rings (SSSR count). The Balaban J connectivity index is 2.31. The van der Waals surface area contributed by atoms with Crippen LogP contribution < -0.4 is 5.69 Å². The molecule has 0 aliphatic carbocycles. The van der Waals surface area contributed by atoms with Gasteiger partial charge in [-0.1, -0.05) is 6.07 Å². The maximum absolute atomic E-state index is 13.0. The SMILES string of the molecule is O=c1[nH]c2cccc(C(F)(F)F)c2n1C1CCCO1. The highest BCUT2D eigenvalue weighted by molar-refractivity contribution is 5.79. The number of benzene rings is 1. The summed E-state index contributed by atoms with van der Waals surface area (Å²) in [6.45, 7) is 0.456. The minimum absolute atomic E-state index is 0.132. The summed E-state index contributed by atoms with van der Waals surface area (Å²) in [7, 11) is 0. The number of hydrogen-bond acceptors (Lipinski definition) is 2. The summed E-state index contributed by atoms with van der Waals surface area (Å²) in [5, 5.41) is 0. The summed E-state index contributed by atoms with van der Waals surface area (Å²) in [4.78, 5) is 14.3. The average molecular weight is 272 g/mol. The Hall–Kier alpha value is -1.76. The van der Waals surface area contributed by atoms with Crippen LogP contribution in [0.15, 0.2) is 23.0 Å². The first-order valence-electron chi connectivity index (χ1n) is 5.90. The van der Waals surface area contributed by atoms with Crippen LogP contribution in [0.4, 0.5) is 13.2 Å². The number of hydrogen-bond donors (Lipinski definition) is 1. The smallest absolute Gasteiger partial charge is 0.358 e. The second kappa shape index (κ2) is 4.12. The molecule has 1 aliphatic rings. The lowest BCUT2D eigenvalue weighted by atomic mass is 10.1. The van der Waals surface area contributed by atoms with Gasteiger partial charge in [0, 0.05) is 6.61 Å². The first kappa shape index (κ1) is 12.3. The van der Waals surface area contributed by atoms with Crippen LogP contribution in [0, 0.1) is 0 Å². The van der Waals surface area contributed by atoms with Gasteiger partial charge in [0.1, 0.15) is 6.23 Å². The molecule has 2 aromatic rings. The van der Waals surface area contributed by atoms with Crippen LogP contribution >= 0.6 is 0 Å². The highest BCUT2D eigenvalue weighted by Crippen LogP contribution is 2.36. The summed E-state index contributed by atoms with van der Waals surface area (Å²) >= 11 is 0. The van der Waals surface area contributed by atoms with E-state index in [0.717, 1.165) is 17.1 Å². The third-order valence-electron chi connectivity index (χ3n) is 3.24. The number of alkyl halides is 3. The number of para-hydroxylation sites is 1. The molecule has 0 bridgehead atoms. The third kappa shape index (κ3) is 1.94. The van der Waals surface area contributed by atoms with Gasteiger partial charge in [-0.2, -0.15) is 13.2 Å². The number of aromatic nitrogens is 2. The average Bonchev–Trinajstić information content (AvgIpc) is 2.92. The van der Waals surface area contributed by atoms with E-state index in [4.69, 9.17) is 4.74 Å². The van der Waals surface area contributed by atoms with Crippen LogP contribution in [0.1, 0.15) is 24.6 Å². The zero-order valence-corrected chi connectivity index (χ0v) is 9.83. The molecule has 0 amide bonds. The number of imidazole rings is 1. The Bertz CT molecular complexity index is 666. The van der Waals surface area contributed by atoms with Crippen LogP contribution in [-0.2, 0) is 10.9 Å². The van der Waals surface area contributed by atoms with E-state index in [-0.39, 0.29) is 11.0 Å². The fourth-order valence-electron chi connectivity index (χ4n) is 2.45. The molecule has 2 heterocycles. The van der Waals surface area contributed by atoms with Gasteiger partial charge in [-0.25, -0.2) is 4.79 Å². The summed E-state index contributed by atoms with van der Waals surface area (Å²) in [5.41, 5.74) is -1.35. The summed E-state index contributed by atoms with van der Waals surface area (Å²) in [5.74, 6) is 0. The third-order valence-corrected chi connectivity index (χ3v) is 3.24. The minimum Gasteiger partial charge on any atom is -0.358 e. The van der Waals surface area contributed by atoms with Gasteiger partial charge in [0.05, 0.1) is 16.6 Å². The van der Waals surface area contributed by atoms with Crippen molar-refractivity contribution in [3.8, 4) is 0 Å². The second-order valence-electron chi connectivity index (χ2n) is 4.47. The lowest BCUT2D eigenvalue weighted by Gasteiger charge is -2.15. The number of rotatable bonds is 1. The number of ether oxygens (including phenoxy) is 1. The van der Waals surface area contributed by atoms with E-state index < -0.39 is 23.7 Å². The van der Waals surface area contributed by atoms with Crippen molar-refractivity contribution in [3.63, 3.8) is 0 Å². The molecule has 0 radical (unpaired) electrons. The number of nitrogens with one attached hydrogen (secondary N) is 1. The Morgan fingerprint density at radius 1 is 1.37 bits per heavy atom. The Morgan fingerprint density at radius 3 is 2.79 bits per heavy atom. The van der Waals surface area contributed by atoms with Crippen molar-refractivity contribution in [1.82, 2.24) is 9.55 Å². The van der Waals surface area contributed by atoms with Crippen molar-refractivity contribution < 1.29 is 17.9 Å². The number of fused-ring (bicyclic) bond motifs is 1. The lowest BCUT2D eigenvalue weighted by molar-refractivity contribution is -0.136. The highest BCUT2D eigenvalue weighted by atomic mass is 19.4. The van der Waals surface area contributed by atoms with E-state index in [0.29, 0.717) is 13.0 Å². The molecule has 1 fully saturated rings. The van der Waals surface area contributed by atoms with E-state index in [1.54, 1.807) is 0 Å². The fourth-order valence-corrected chi connectivity index (χ4v) is 2.45. The van der Waals surface area contributed by atoms with Crippen molar-refractivity contribution >= 4 is 11.0 Å². The number of aromatic amines is 1. The maximum atomic E-state index is 13.0. The molecule has 1 aromatic heterocycles. The molecule has 1 unspecified atom stereocenters. The van der Waals surface area contributed by atoms with Crippen molar-refractivity contribution in [3.05, 3.63) is 34.2 Å². The van der Waals surface area contributed by atoms with Gasteiger partial charge in [0.25, 0.3) is 0 Å². The molecule has 1 aliphatic heterocycles. The predicted octanol–water partition coefficient (Wildman–Crippen LogP) is 2.66. The van der Waals surface area contributed by atoms with Gasteiger partial charge < -0.3 is 9.72 Å². The van der Waals surface area contributed by atoms with Gasteiger partial charge in [0.15, 0.2) is 0 Å². The molecular weight excluding hydrogens is 261 g/mol. The van der Waals surface area contributed by atoms with Gasteiger partial charge in [-0.05, 0) is 25.0 Å². The number of H-pyrrole nitrogens is 1. The zero-order valence-electron chi connectivity index (χ0n) is 9.83. The summed E-state index contributed by atoms with van der Waals surface area (Å²) in [6, 6.07) is 3.71. The topological polar surface area (TPSA) is 47.0 Å². The summed E-state index contributed by atoms with van der Waals surface area (Å²) in [6.07, 6.45) is -3.85. The quantitative estimate of drug-likeness (QED) is 0.867. The van der Waals surface area contributed by atoms with Gasteiger partial charge in [-0.3, -0.25) is 4.57 Å². The molecule has 0 spiro atoms. The standard InChI is InChI=1S/C12H11F3N2O2/c13-12(14,15)7-3-1-4-8-10(7)17(11(18)16-8)9-5-2-6-19-9/h1,3-4,9H,2,5-6H2,(H,16,18). The normalized spacial score (nSPS) is 20.3. The molecule has 1 N–H and O–H groups in total. The van der Waals surface area contributed by atoms with Crippen molar-refractivity contribution in [2.45, 2.75) is 25.2 Å². The van der Waals surface area contributed by atoms with Gasteiger partial charge in [0.2, 0.25) is 0 Å². The maximum Gasteiger partial charge on any atom is 0.418 e. The Labute approximate surface area is 105 Å². The van der Waals surface area contributed by atoms with Crippen LogP contribution in [0.3, 0.4) is 0 Å². The monoisotopic (exact) mass is 272 g/mol. The molecule has 0 saturated carbocycles. The Kier molecular flexibility index (Phi) is 2.67. The minimum atomic E-state index is -4.51. The zero-order chi connectivity index (χ0) is 13.6. The van der Waals surface area contributed by atoms with E-state index in [1.165, 1.54) is 12.1 Å². The lowest BCUT2D eigenvalue weighted by Crippen LogP contribution is -2.23. The van der Waals surface area contributed by atoms with Crippen molar-refractivity contribution in [2.75, 3.05) is 6.61 Å². The van der Waals surface area contributed by atoms with Crippen LogP contribution in [0.2, 0.25) is 0 Å². The molecular formula is C12H11F3N2O2. The van der Waals surface area contributed by atoms with E-state index in [2.05, 4.69) is 4.98 Å². The second-order valence-corrected chi connectivity index (χ2v) is 4.47. The van der Waals surface area contributed by atoms with E-state index in [1.807, 2.05) is 0 Å². The molecule has 7 heteroatoms. The molecule has 1 saturated heterocycles. The summed E-state index contributed by atoms with van der Waals surface area (Å²) < 4.78 is 45.5. The first-order valence-corrected chi connectivity index (χ1v) is 5.90. The van der Waals surface area contributed by atoms with Crippen LogP contribution in [-0.4, -0.2) is 16.2 Å². The van der Waals surface area contributed by atoms with Crippen molar-refractivity contribution in [2.24, 2.45) is 0 Å². The van der Waals surface area contributed by atoms with Crippen LogP contribution in [0.25, 0.3) is 11.0 Å². The largest absolute Gasteiger partial charge is 0.418 e. The highest BCUT2D eigenvalue weighted by Gasteiger charge is 2.35. The van der Waals surface area contributed by atoms with Crippen molar-refractivity contribution in [1.29, 1.82) is 0 Å². The first-order chi connectivity index (χ1) is 8.98. The van der Waals surface area contributed by atoms with Gasteiger partial charge in [-0.15, -0.1) is 0 Å². The van der Waals surface area contributed by atoms with Gasteiger partial charge >= 0.3 is 11.9 Å².